The van der Waals surface area contributed by atoms with Gasteiger partial charge in [0.2, 0.25) is 53.2 Å². The molecule has 10 atom stereocenters. The van der Waals surface area contributed by atoms with Gasteiger partial charge in [-0.1, -0.05) is 6.42 Å². The third kappa shape index (κ3) is 44.5. The fourth-order valence-corrected chi connectivity index (χ4v) is 9.99. The maximum atomic E-state index is 14.8. The molecule has 0 unspecified atom stereocenters. The predicted molar refractivity (Wildman–Crippen MR) is 387 cm³/mol. The van der Waals surface area contributed by atoms with Gasteiger partial charge in [0.15, 0.2) is 29.8 Å². The zero-order valence-corrected chi connectivity index (χ0v) is 58.5. The van der Waals surface area contributed by atoms with Crippen molar-refractivity contribution in [3.05, 3.63) is 0 Å². The van der Waals surface area contributed by atoms with Crippen LogP contribution >= 0.6 is 0 Å². The van der Waals surface area contributed by atoms with Crippen molar-refractivity contribution < 1.29 is 53.1 Å². The number of amides is 9. The second-order valence-electron chi connectivity index (χ2n) is 24.2. The van der Waals surface area contributed by atoms with Gasteiger partial charge >= 0.3 is 5.97 Å². The number of carboxylic acid groups (broad SMARTS) is 1. The summed E-state index contributed by atoms with van der Waals surface area (Å²) in [5.74, 6) is -9.97. The summed E-state index contributed by atoms with van der Waals surface area (Å²) >= 11 is 0. The molecule has 0 aromatic carbocycles. The highest BCUT2D eigenvalue weighted by Gasteiger charge is 2.36. The van der Waals surface area contributed by atoms with E-state index in [1.807, 2.05) is 0 Å². The Morgan fingerprint density at radius 3 is 0.574 bits per heavy atom. The van der Waals surface area contributed by atoms with Gasteiger partial charge < -0.3 is 145 Å². The van der Waals surface area contributed by atoms with Crippen molar-refractivity contribution in [2.75, 3.05) is 65.4 Å². The number of nitrogens with two attached hydrogens (primary N) is 16. The molecule has 9 amide bonds. The number of hydrogen-bond acceptors (Lipinski definition) is 21. The molecule has 0 bridgehead atoms. The molecule has 0 saturated heterocycles. The molecule has 0 radical (unpaired) electrons. The van der Waals surface area contributed by atoms with Crippen LogP contribution in [-0.4, -0.2) is 220 Å². The molecular formula is C60H122N30O11. The predicted octanol–water partition coefficient (Wildman–Crippen LogP) is -9.33. The highest BCUT2D eigenvalue weighted by Crippen LogP contribution is 2.14. The largest absolute Gasteiger partial charge is 0.480 e. The van der Waals surface area contributed by atoms with Crippen molar-refractivity contribution in [1.82, 2.24) is 47.9 Å². The molecule has 0 fully saturated rings. The van der Waals surface area contributed by atoms with Crippen molar-refractivity contribution in [1.29, 1.82) is 0 Å². The van der Waals surface area contributed by atoms with E-state index < -0.39 is 120 Å². The lowest BCUT2D eigenvalue weighted by atomic mass is 10.0. The van der Waals surface area contributed by atoms with E-state index in [0.717, 1.165) is 0 Å². The van der Waals surface area contributed by atoms with Crippen molar-refractivity contribution >= 4 is 88.9 Å². The van der Waals surface area contributed by atoms with Crippen LogP contribution in [0.15, 0.2) is 25.0 Å². The first kappa shape index (κ1) is 91.8. The first-order valence-corrected chi connectivity index (χ1v) is 34.5. The summed E-state index contributed by atoms with van der Waals surface area (Å²) in [7, 11) is 0. The minimum atomic E-state index is -1.47. The Morgan fingerprint density at radius 2 is 0.396 bits per heavy atom. The highest BCUT2D eigenvalue weighted by molar-refractivity contribution is 5.98. The second kappa shape index (κ2) is 55.6. The van der Waals surface area contributed by atoms with E-state index in [2.05, 4.69) is 72.8 Å². The molecule has 41 nitrogen and oxygen atoms in total. The average molecular weight is 1440 g/mol. The van der Waals surface area contributed by atoms with E-state index in [0.29, 0.717) is 57.9 Å². The number of rotatable bonds is 59. The number of unbranched alkanes of at least 4 members (excludes halogenated alkanes) is 5. The highest BCUT2D eigenvalue weighted by atomic mass is 16.4. The minimum Gasteiger partial charge on any atom is -0.480 e. The van der Waals surface area contributed by atoms with Gasteiger partial charge in [0.25, 0.3) is 0 Å². The molecule has 0 aliphatic heterocycles. The molecule has 0 heterocycles. The summed E-state index contributed by atoms with van der Waals surface area (Å²) in [5.41, 5.74) is 90.6. The Morgan fingerprint density at radius 1 is 0.238 bits per heavy atom. The number of aliphatic imine (C=N–C) groups is 5. The zero-order valence-electron chi connectivity index (χ0n) is 58.5. The van der Waals surface area contributed by atoms with Gasteiger partial charge in [0, 0.05) is 32.7 Å². The average Bonchev–Trinajstić information content (AvgIpc) is 0.867. The fourth-order valence-electron chi connectivity index (χ4n) is 9.99. The number of guanidine groups is 5. The Kier molecular flexibility index (Phi) is 50.5. The van der Waals surface area contributed by atoms with Gasteiger partial charge in [-0.05, 0) is 187 Å². The van der Waals surface area contributed by atoms with Crippen molar-refractivity contribution in [3.63, 3.8) is 0 Å². The molecule has 41 heteroatoms. The van der Waals surface area contributed by atoms with Crippen LogP contribution in [0, 0.1) is 0 Å². The van der Waals surface area contributed by atoms with E-state index in [1.165, 1.54) is 0 Å². The number of nitrogens with zero attached hydrogens (tertiary/aromatic N) is 5. The van der Waals surface area contributed by atoms with Crippen LogP contribution in [0.2, 0.25) is 0 Å². The molecule has 0 aromatic heterocycles. The van der Waals surface area contributed by atoms with Gasteiger partial charge in [-0.15, -0.1) is 0 Å². The summed E-state index contributed by atoms with van der Waals surface area (Å²) in [4.78, 5) is 161. The quantitative estimate of drug-likeness (QED) is 0.0153. The standard InChI is InChI=1S/C60H122N30O11/c61-26-6-1-16-36(66)46(91)82-41(21-11-31-77-56(67)68)50(95)83-37(17-2-7-27-62)47(92)87-42(22-12-32-78-57(69)70)51(96)84-38(18-3-8-28-63)48(93)88-43(23-13-33-79-58(71)72)52(97)85-39(19-4-9-29-64)49(94)89-44(24-14-34-80-59(73)74)53(98)86-40(20-5-10-30-65)54(99)90-45(55(100)101)25-15-35-81-60(75)76/h36-45H,1-35,61-66H2,(H,82,91)(H,83,95)(H,84,96)(H,85,97)(H,86,98)(H,87,92)(H,88,93)(H,89,94)(H,90,99)(H,100,101)(H4,67,68,77)(H4,69,70,78)(H4,71,72,79)(H4,73,74,80)(H4,75,76,81)/t36-,37-,38-,39-,40-,41-,42-,43-,44-,45-/m0/s1. The molecule has 0 aromatic rings. The SMILES string of the molecule is NCCCC[C@H](NC(=O)[C@H](CCCN=C(N)N)NC(=O)[C@H](CCCCN)NC(=O)[C@H](CCCN=C(N)N)NC(=O)[C@H](CCCCN)NC(=O)[C@H](CCCN=C(N)N)NC(=O)[C@H](CCCCN)NC(=O)[C@H](CCCN=C(N)N)NC(=O)[C@@H](N)CCCCN)C(=O)N[C@@H](CCCN=C(N)N)C(=O)O. The van der Waals surface area contributed by atoms with Crippen LogP contribution in [0.5, 0.6) is 0 Å². The number of carbonyl (C=O) groups excluding carboxylic acids is 9. The summed E-state index contributed by atoms with van der Waals surface area (Å²) < 4.78 is 0. The number of aliphatic carboxylic acids is 1. The minimum absolute atomic E-state index is 0.000258. The van der Waals surface area contributed by atoms with E-state index in [-0.39, 0.29) is 198 Å². The zero-order chi connectivity index (χ0) is 76.1. The molecule has 0 aliphatic rings. The van der Waals surface area contributed by atoms with Gasteiger partial charge in [0.1, 0.15) is 54.4 Å². The topological polar surface area (TPSA) is 777 Å². The molecule has 0 saturated carbocycles. The van der Waals surface area contributed by atoms with Crippen LogP contribution in [-0.2, 0) is 47.9 Å². The third-order valence-electron chi connectivity index (χ3n) is 15.5. The number of nitrogens with one attached hydrogen (secondary N) is 9. The summed E-state index contributed by atoms with van der Waals surface area (Å²) in [6, 6.07) is -13.4. The molecule has 42 N–H and O–H groups in total. The van der Waals surface area contributed by atoms with Gasteiger partial charge in [-0.25, -0.2) is 4.79 Å². The lowest BCUT2D eigenvalue weighted by Crippen LogP contribution is -2.60. The van der Waals surface area contributed by atoms with Crippen molar-refractivity contribution in [2.24, 2.45) is 117 Å². The van der Waals surface area contributed by atoms with E-state index in [4.69, 9.17) is 91.7 Å². The van der Waals surface area contributed by atoms with Crippen molar-refractivity contribution in [3.8, 4) is 0 Å². The number of carbonyl (C=O) groups is 10. The van der Waals surface area contributed by atoms with Crippen LogP contribution in [0.3, 0.4) is 0 Å². The molecule has 0 rings (SSSR count). The lowest BCUT2D eigenvalue weighted by Gasteiger charge is -2.28. The molecular weight excluding hydrogens is 1320 g/mol. The Bertz CT molecular complexity index is 2630. The molecule has 0 aliphatic carbocycles. The van der Waals surface area contributed by atoms with Crippen LogP contribution in [0.4, 0.5) is 0 Å². The smallest absolute Gasteiger partial charge is 0.326 e. The first-order valence-electron chi connectivity index (χ1n) is 34.5. The normalized spacial score (nSPS) is 13.9. The second-order valence-corrected chi connectivity index (χ2v) is 24.2. The maximum Gasteiger partial charge on any atom is 0.326 e. The fraction of sp³-hybridized carbons (Fsp3) is 0.750. The van der Waals surface area contributed by atoms with E-state index in [1.54, 1.807) is 0 Å². The monoisotopic (exact) mass is 1440 g/mol. The third-order valence-corrected chi connectivity index (χ3v) is 15.5. The number of carboxylic acids is 1. The van der Waals surface area contributed by atoms with Gasteiger partial charge in [0.05, 0.1) is 6.04 Å². The van der Waals surface area contributed by atoms with Crippen LogP contribution < -0.4 is 140 Å². The van der Waals surface area contributed by atoms with Crippen molar-refractivity contribution in [2.45, 2.75) is 221 Å². The van der Waals surface area contributed by atoms with Gasteiger partial charge in [-0.2, -0.15) is 0 Å². The Balaban J connectivity index is 7.55. The van der Waals surface area contributed by atoms with Crippen LogP contribution in [0.1, 0.15) is 161 Å². The molecule has 578 valence electrons. The lowest BCUT2D eigenvalue weighted by molar-refractivity contribution is -0.142. The van der Waals surface area contributed by atoms with E-state index >= 15 is 0 Å². The first-order chi connectivity index (χ1) is 48.0. The van der Waals surface area contributed by atoms with Crippen LogP contribution in [0.25, 0.3) is 0 Å². The molecule has 0 spiro atoms. The summed E-state index contributed by atoms with van der Waals surface area (Å²) in [6.45, 7) is 1.39. The Labute approximate surface area is 591 Å². The maximum absolute atomic E-state index is 14.8. The Hall–Kier alpha value is -9.19. The molecule has 101 heavy (non-hydrogen) atoms. The van der Waals surface area contributed by atoms with E-state index in [9.17, 15) is 53.1 Å². The number of hydrogen-bond donors (Lipinski definition) is 26. The summed E-state index contributed by atoms with van der Waals surface area (Å²) in [5, 5.41) is 34.1. The van der Waals surface area contributed by atoms with Gasteiger partial charge in [-0.3, -0.25) is 68.1 Å². The summed E-state index contributed by atoms with van der Waals surface area (Å²) in [6.07, 6.45) is 4.41.